The molecule has 0 aliphatic rings. The molecule has 1 aromatic rings. The summed E-state index contributed by atoms with van der Waals surface area (Å²) in [6.07, 6.45) is 0. The van der Waals surface area contributed by atoms with Crippen molar-refractivity contribution in [1.29, 1.82) is 0 Å². The topological polar surface area (TPSA) is 118 Å². The van der Waals surface area contributed by atoms with E-state index in [2.05, 4.69) is 0 Å². The Kier molecular flexibility index (Phi) is 2.89. The van der Waals surface area contributed by atoms with Crippen molar-refractivity contribution >= 4 is 33.4 Å². The quantitative estimate of drug-likeness (QED) is 0.530. The second kappa shape index (κ2) is 3.69. The van der Waals surface area contributed by atoms with E-state index in [1.54, 1.807) is 0 Å². The van der Waals surface area contributed by atoms with Gasteiger partial charge < -0.3 is 10.8 Å². The van der Waals surface area contributed by atoms with Crippen molar-refractivity contribution in [3.63, 3.8) is 0 Å². The van der Waals surface area contributed by atoms with E-state index in [-0.39, 0.29) is 10.7 Å². The van der Waals surface area contributed by atoms with Gasteiger partial charge in [-0.15, -0.1) is 0 Å². The van der Waals surface area contributed by atoms with Crippen molar-refractivity contribution in [1.82, 2.24) is 0 Å². The highest BCUT2D eigenvalue weighted by atomic mass is 35.5. The summed E-state index contributed by atoms with van der Waals surface area (Å²) in [6.45, 7) is 0. The zero-order chi connectivity index (χ0) is 11.8. The number of carboxylic acid groups (broad SMARTS) is 1. The summed E-state index contributed by atoms with van der Waals surface area (Å²) < 4.78 is 30.3. The number of anilines is 1. The predicted molar refractivity (Wildman–Crippen MR) is 52.6 cm³/mol. The number of carbonyl (C=O) groups is 1. The Bertz CT molecular complexity index is 524. The third-order valence-electron chi connectivity index (χ3n) is 1.61. The first-order valence-corrected chi connectivity index (χ1v) is 5.35. The first-order chi connectivity index (χ1) is 6.73. The molecular weight excluding hydrogens is 246 g/mol. The molecule has 0 spiro atoms. The van der Waals surface area contributed by atoms with Gasteiger partial charge in [0.2, 0.25) is 0 Å². The lowest BCUT2D eigenvalue weighted by molar-refractivity contribution is 0.0698. The van der Waals surface area contributed by atoms with Gasteiger partial charge in [0.15, 0.2) is 0 Å². The molecule has 0 unspecified atom stereocenters. The Balaban J connectivity index is 3.58. The molecule has 0 amide bonds. The van der Waals surface area contributed by atoms with Crippen LogP contribution in [0.3, 0.4) is 0 Å². The third kappa shape index (κ3) is 2.38. The molecule has 0 radical (unpaired) electrons. The van der Waals surface area contributed by atoms with Gasteiger partial charge in [0.25, 0.3) is 10.1 Å². The summed E-state index contributed by atoms with van der Waals surface area (Å²) in [5.41, 5.74) is 4.67. The highest BCUT2D eigenvalue weighted by Gasteiger charge is 2.19. The van der Waals surface area contributed by atoms with E-state index in [1.807, 2.05) is 0 Å². The highest BCUT2D eigenvalue weighted by Crippen LogP contribution is 2.26. The highest BCUT2D eigenvalue weighted by molar-refractivity contribution is 7.86. The molecule has 0 aromatic heterocycles. The van der Waals surface area contributed by atoms with Gasteiger partial charge in [-0.05, 0) is 12.1 Å². The molecule has 0 fully saturated rings. The number of rotatable bonds is 2. The van der Waals surface area contributed by atoms with Crippen LogP contribution in [0.5, 0.6) is 0 Å². The lowest BCUT2D eigenvalue weighted by Gasteiger charge is -2.05. The average molecular weight is 252 g/mol. The largest absolute Gasteiger partial charge is 0.478 e. The third-order valence-corrected chi connectivity index (χ3v) is 2.93. The van der Waals surface area contributed by atoms with Gasteiger partial charge in [-0.25, -0.2) is 4.79 Å². The minimum absolute atomic E-state index is 0.181. The minimum Gasteiger partial charge on any atom is -0.478 e. The molecule has 6 nitrogen and oxygen atoms in total. The van der Waals surface area contributed by atoms with Gasteiger partial charge in [-0.3, -0.25) is 4.55 Å². The average Bonchev–Trinajstić information content (AvgIpc) is 2.00. The van der Waals surface area contributed by atoms with Gasteiger partial charge >= 0.3 is 5.97 Å². The molecule has 8 heteroatoms. The smallest absolute Gasteiger partial charge is 0.337 e. The van der Waals surface area contributed by atoms with Gasteiger partial charge in [0, 0.05) is 5.69 Å². The van der Waals surface area contributed by atoms with E-state index in [4.69, 9.17) is 27.0 Å². The fraction of sp³-hybridized carbons (Fsp3) is 0. The van der Waals surface area contributed by atoms with Gasteiger partial charge in [0.1, 0.15) is 4.90 Å². The minimum atomic E-state index is -4.56. The molecular formula is C7H6ClNO5S. The Labute approximate surface area is 90.0 Å². The first-order valence-electron chi connectivity index (χ1n) is 3.53. The van der Waals surface area contributed by atoms with Crippen LogP contribution in [0.2, 0.25) is 5.02 Å². The Hall–Kier alpha value is -1.31. The standard InChI is InChI=1S/C7H6ClNO5S/c8-4-2-5(9)3(7(10)11)1-6(4)15(12,13)14/h1-2H,9H2,(H,10,11)(H,12,13,14). The van der Waals surface area contributed by atoms with Crippen molar-refractivity contribution in [2.75, 3.05) is 5.73 Å². The van der Waals surface area contributed by atoms with Crippen LogP contribution in [-0.4, -0.2) is 24.0 Å². The SMILES string of the molecule is Nc1cc(Cl)c(S(=O)(=O)O)cc1C(=O)O. The number of halogens is 1. The number of hydrogen-bond donors (Lipinski definition) is 3. The summed E-state index contributed by atoms with van der Waals surface area (Å²) in [4.78, 5) is 9.93. The number of nitrogen functional groups attached to an aromatic ring is 1. The zero-order valence-electron chi connectivity index (χ0n) is 7.14. The number of hydrogen-bond acceptors (Lipinski definition) is 4. The maximum absolute atomic E-state index is 10.8. The molecule has 1 rings (SSSR count). The molecule has 4 N–H and O–H groups in total. The summed E-state index contributed by atoms with van der Waals surface area (Å²) >= 11 is 5.48. The van der Waals surface area contributed by atoms with Crippen LogP contribution in [0.4, 0.5) is 5.69 Å². The molecule has 0 aliphatic heterocycles. The van der Waals surface area contributed by atoms with Crippen molar-refractivity contribution in [2.24, 2.45) is 0 Å². The molecule has 0 atom stereocenters. The number of aromatic carboxylic acids is 1. The lowest BCUT2D eigenvalue weighted by atomic mass is 10.2. The van der Waals surface area contributed by atoms with Crippen molar-refractivity contribution < 1.29 is 22.9 Å². The van der Waals surface area contributed by atoms with Crippen LogP contribution in [0.15, 0.2) is 17.0 Å². The maximum atomic E-state index is 10.8. The van der Waals surface area contributed by atoms with Crippen LogP contribution < -0.4 is 5.73 Å². The van der Waals surface area contributed by atoms with Crippen LogP contribution in [0.25, 0.3) is 0 Å². The van der Waals surface area contributed by atoms with E-state index in [0.717, 1.165) is 6.07 Å². The first kappa shape index (κ1) is 11.8. The summed E-state index contributed by atoms with van der Waals surface area (Å²) in [5.74, 6) is -1.41. The van der Waals surface area contributed by atoms with Crippen LogP contribution in [0.1, 0.15) is 10.4 Å². The Morgan fingerprint density at radius 3 is 2.33 bits per heavy atom. The van der Waals surface area contributed by atoms with Crippen LogP contribution in [-0.2, 0) is 10.1 Å². The summed E-state index contributed by atoms with van der Waals surface area (Å²) in [5, 5.41) is 8.31. The molecule has 15 heavy (non-hydrogen) atoms. The van der Waals surface area contributed by atoms with E-state index in [1.165, 1.54) is 0 Å². The van der Waals surface area contributed by atoms with Crippen molar-refractivity contribution in [3.8, 4) is 0 Å². The number of benzene rings is 1. The van der Waals surface area contributed by atoms with E-state index < -0.39 is 26.5 Å². The summed E-state index contributed by atoms with van der Waals surface area (Å²) in [6, 6.07) is 1.66. The molecule has 82 valence electrons. The van der Waals surface area contributed by atoms with Crippen molar-refractivity contribution in [2.45, 2.75) is 4.90 Å². The molecule has 0 saturated carbocycles. The molecule has 0 heterocycles. The Morgan fingerprint density at radius 2 is 1.93 bits per heavy atom. The van der Waals surface area contributed by atoms with Crippen molar-refractivity contribution in [3.05, 3.63) is 22.7 Å². The maximum Gasteiger partial charge on any atom is 0.337 e. The van der Waals surface area contributed by atoms with Crippen LogP contribution in [0, 0.1) is 0 Å². The monoisotopic (exact) mass is 251 g/mol. The van der Waals surface area contributed by atoms with E-state index in [9.17, 15) is 13.2 Å². The van der Waals surface area contributed by atoms with Gasteiger partial charge in [0.05, 0.1) is 10.6 Å². The molecule has 0 aliphatic carbocycles. The van der Waals surface area contributed by atoms with E-state index in [0.29, 0.717) is 6.07 Å². The van der Waals surface area contributed by atoms with Gasteiger partial charge in [-0.1, -0.05) is 11.6 Å². The van der Waals surface area contributed by atoms with Gasteiger partial charge in [-0.2, -0.15) is 8.42 Å². The predicted octanol–water partition coefficient (Wildman–Crippen LogP) is 0.867. The molecule has 1 aromatic carbocycles. The Morgan fingerprint density at radius 1 is 1.40 bits per heavy atom. The molecule has 0 bridgehead atoms. The van der Waals surface area contributed by atoms with Crippen LogP contribution >= 0.6 is 11.6 Å². The second-order valence-electron chi connectivity index (χ2n) is 2.65. The number of nitrogens with two attached hydrogens (primary N) is 1. The summed E-state index contributed by atoms with van der Waals surface area (Å²) in [7, 11) is -4.56. The lowest BCUT2D eigenvalue weighted by Crippen LogP contribution is -2.07. The molecule has 0 saturated heterocycles. The normalized spacial score (nSPS) is 11.3. The van der Waals surface area contributed by atoms with E-state index >= 15 is 0 Å². The number of carboxylic acids is 1. The fourth-order valence-electron chi connectivity index (χ4n) is 0.952. The zero-order valence-corrected chi connectivity index (χ0v) is 8.71. The second-order valence-corrected chi connectivity index (χ2v) is 4.45. The fourth-order valence-corrected chi connectivity index (χ4v) is 1.99.